The van der Waals surface area contributed by atoms with Crippen molar-refractivity contribution in [1.29, 1.82) is 0 Å². The second kappa shape index (κ2) is 8.98. The minimum absolute atomic E-state index is 0.231. The van der Waals surface area contributed by atoms with E-state index in [1.807, 2.05) is 0 Å². The van der Waals surface area contributed by atoms with Crippen LogP contribution in [0.15, 0.2) is 0 Å². The first-order valence-electron chi connectivity index (χ1n) is 8.32. The summed E-state index contributed by atoms with van der Waals surface area (Å²) in [6, 6.07) is 0. The van der Waals surface area contributed by atoms with Crippen molar-refractivity contribution >= 4 is 0 Å². The highest BCUT2D eigenvalue weighted by molar-refractivity contribution is 4.93. The summed E-state index contributed by atoms with van der Waals surface area (Å²) in [5, 5.41) is 0. The number of hydrogen-bond donors (Lipinski definition) is 1. The predicted octanol–water partition coefficient (Wildman–Crippen LogP) is 1.46. The van der Waals surface area contributed by atoms with E-state index in [2.05, 4.69) is 42.8 Å². The van der Waals surface area contributed by atoms with Crippen LogP contribution in [-0.4, -0.2) is 80.7 Å². The quantitative estimate of drug-likeness (QED) is 0.732. The molecule has 1 rings (SSSR count). The van der Waals surface area contributed by atoms with Gasteiger partial charge in [-0.15, -0.1) is 0 Å². The van der Waals surface area contributed by atoms with Crippen LogP contribution < -0.4 is 5.73 Å². The molecule has 1 unspecified atom stereocenters. The first kappa shape index (κ1) is 17.9. The molecule has 0 radical (unpaired) electrons. The van der Waals surface area contributed by atoms with Gasteiger partial charge in [0.05, 0.1) is 0 Å². The topological polar surface area (TPSA) is 35.7 Å². The fourth-order valence-electron chi connectivity index (χ4n) is 3.38. The number of rotatable bonds is 8. The number of nitrogens with zero attached hydrogens (tertiary/aromatic N) is 3. The van der Waals surface area contributed by atoms with Crippen molar-refractivity contribution in [3.05, 3.63) is 0 Å². The van der Waals surface area contributed by atoms with Crippen LogP contribution in [0.3, 0.4) is 0 Å². The van der Waals surface area contributed by atoms with Gasteiger partial charge < -0.3 is 15.5 Å². The molecule has 0 saturated carbocycles. The van der Waals surface area contributed by atoms with Crippen LogP contribution in [0.5, 0.6) is 0 Å². The van der Waals surface area contributed by atoms with Crippen LogP contribution in [0.25, 0.3) is 0 Å². The van der Waals surface area contributed by atoms with E-state index in [1.54, 1.807) is 0 Å². The van der Waals surface area contributed by atoms with Gasteiger partial charge in [0.25, 0.3) is 0 Å². The molecule has 20 heavy (non-hydrogen) atoms. The van der Waals surface area contributed by atoms with E-state index in [0.717, 1.165) is 19.6 Å². The van der Waals surface area contributed by atoms with Crippen LogP contribution in [-0.2, 0) is 0 Å². The number of nitrogens with two attached hydrogens (primary N) is 1. The number of likely N-dealkylation sites (tertiary alicyclic amines) is 1. The minimum Gasteiger partial charge on any atom is -0.329 e. The van der Waals surface area contributed by atoms with Gasteiger partial charge >= 0.3 is 0 Å². The molecular formula is C16H36N4. The minimum atomic E-state index is 0.231. The molecule has 0 amide bonds. The van der Waals surface area contributed by atoms with Crippen molar-refractivity contribution in [2.45, 2.75) is 44.6 Å². The zero-order valence-electron chi connectivity index (χ0n) is 14.2. The van der Waals surface area contributed by atoms with E-state index in [-0.39, 0.29) is 5.54 Å². The second-order valence-corrected chi connectivity index (χ2v) is 6.70. The SMILES string of the molecule is CCCN1CCCC(CN)(N(C)CCCN(C)C)CC1. The van der Waals surface area contributed by atoms with E-state index in [0.29, 0.717) is 0 Å². The Hall–Kier alpha value is -0.160. The predicted molar refractivity (Wildman–Crippen MR) is 88.2 cm³/mol. The van der Waals surface area contributed by atoms with E-state index in [4.69, 9.17) is 5.73 Å². The Labute approximate surface area is 126 Å². The normalized spacial score (nSPS) is 25.4. The molecule has 0 spiro atoms. The Morgan fingerprint density at radius 3 is 2.45 bits per heavy atom. The molecule has 1 heterocycles. The lowest BCUT2D eigenvalue weighted by molar-refractivity contribution is 0.103. The third kappa shape index (κ3) is 5.32. The standard InChI is InChI=1S/C16H36N4/c1-5-10-20-13-6-8-16(15-17,9-14-20)19(4)12-7-11-18(2)3/h5-15,17H2,1-4H3. The highest BCUT2D eigenvalue weighted by atomic mass is 15.2. The maximum atomic E-state index is 6.19. The maximum absolute atomic E-state index is 6.19. The van der Waals surface area contributed by atoms with Crippen LogP contribution in [0.1, 0.15) is 39.0 Å². The van der Waals surface area contributed by atoms with Crippen molar-refractivity contribution in [3.63, 3.8) is 0 Å². The fourth-order valence-corrected chi connectivity index (χ4v) is 3.38. The molecule has 0 bridgehead atoms. The summed E-state index contributed by atoms with van der Waals surface area (Å²) in [5.41, 5.74) is 6.42. The van der Waals surface area contributed by atoms with Crippen LogP contribution in [0.4, 0.5) is 0 Å². The first-order chi connectivity index (χ1) is 9.54. The first-order valence-corrected chi connectivity index (χ1v) is 8.32. The Bertz CT molecular complexity index is 257. The summed E-state index contributed by atoms with van der Waals surface area (Å²) in [6.45, 7) is 9.09. The second-order valence-electron chi connectivity index (χ2n) is 6.70. The zero-order valence-corrected chi connectivity index (χ0v) is 14.2. The van der Waals surface area contributed by atoms with Crippen LogP contribution in [0, 0.1) is 0 Å². The Morgan fingerprint density at radius 1 is 1.10 bits per heavy atom. The lowest BCUT2D eigenvalue weighted by atomic mass is 9.88. The molecule has 4 nitrogen and oxygen atoms in total. The zero-order chi connectivity index (χ0) is 15.0. The molecule has 4 heteroatoms. The molecule has 1 aliphatic heterocycles. The molecule has 1 aliphatic rings. The molecule has 0 aliphatic carbocycles. The lowest BCUT2D eigenvalue weighted by Crippen LogP contribution is -2.53. The summed E-state index contributed by atoms with van der Waals surface area (Å²) < 4.78 is 0. The highest BCUT2D eigenvalue weighted by Gasteiger charge is 2.34. The monoisotopic (exact) mass is 284 g/mol. The van der Waals surface area contributed by atoms with Crippen LogP contribution >= 0.6 is 0 Å². The molecule has 1 atom stereocenters. The van der Waals surface area contributed by atoms with E-state index in [9.17, 15) is 0 Å². The van der Waals surface area contributed by atoms with Gasteiger partial charge in [-0.05, 0) is 86.0 Å². The van der Waals surface area contributed by atoms with Crippen molar-refractivity contribution in [3.8, 4) is 0 Å². The summed E-state index contributed by atoms with van der Waals surface area (Å²) in [7, 11) is 6.57. The number of hydrogen-bond acceptors (Lipinski definition) is 4. The Morgan fingerprint density at radius 2 is 1.85 bits per heavy atom. The molecule has 1 saturated heterocycles. The average molecular weight is 284 g/mol. The molecule has 0 aromatic rings. The summed E-state index contributed by atoms with van der Waals surface area (Å²) >= 11 is 0. The fraction of sp³-hybridized carbons (Fsp3) is 1.00. The van der Waals surface area contributed by atoms with E-state index in [1.165, 1.54) is 51.7 Å². The molecular weight excluding hydrogens is 248 g/mol. The molecule has 2 N–H and O–H groups in total. The smallest absolute Gasteiger partial charge is 0.0341 e. The van der Waals surface area contributed by atoms with E-state index >= 15 is 0 Å². The Kier molecular flexibility index (Phi) is 8.03. The summed E-state index contributed by atoms with van der Waals surface area (Å²) in [5.74, 6) is 0. The molecule has 120 valence electrons. The average Bonchev–Trinajstić information content (AvgIpc) is 2.62. The van der Waals surface area contributed by atoms with E-state index < -0.39 is 0 Å². The van der Waals surface area contributed by atoms with Crippen molar-refractivity contribution in [2.75, 3.05) is 60.4 Å². The van der Waals surface area contributed by atoms with Gasteiger partial charge in [-0.3, -0.25) is 4.90 Å². The van der Waals surface area contributed by atoms with Gasteiger partial charge in [0.15, 0.2) is 0 Å². The molecule has 0 aromatic carbocycles. The highest BCUT2D eigenvalue weighted by Crippen LogP contribution is 2.27. The van der Waals surface area contributed by atoms with Crippen LogP contribution in [0.2, 0.25) is 0 Å². The third-order valence-electron chi connectivity index (χ3n) is 4.84. The van der Waals surface area contributed by atoms with Crippen molar-refractivity contribution < 1.29 is 0 Å². The third-order valence-corrected chi connectivity index (χ3v) is 4.84. The van der Waals surface area contributed by atoms with Gasteiger partial charge in [0.2, 0.25) is 0 Å². The van der Waals surface area contributed by atoms with Gasteiger partial charge in [-0.2, -0.15) is 0 Å². The lowest BCUT2D eigenvalue weighted by Gasteiger charge is -2.41. The summed E-state index contributed by atoms with van der Waals surface area (Å²) in [4.78, 5) is 7.43. The maximum Gasteiger partial charge on any atom is 0.0341 e. The van der Waals surface area contributed by atoms with Crippen molar-refractivity contribution in [2.24, 2.45) is 5.73 Å². The molecule has 1 fully saturated rings. The van der Waals surface area contributed by atoms with Gasteiger partial charge in [-0.1, -0.05) is 6.92 Å². The molecule has 0 aromatic heterocycles. The number of likely N-dealkylation sites (N-methyl/N-ethyl adjacent to an activating group) is 1. The van der Waals surface area contributed by atoms with Gasteiger partial charge in [0, 0.05) is 12.1 Å². The van der Waals surface area contributed by atoms with Crippen molar-refractivity contribution in [1.82, 2.24) is 14.7 Å². The Balaban J connectivity index is 2.52. The van der Waals surface area contributed by atoms with Gasteiger partial charge in [-0.25, -0.2) is 0 Å². The summed E-state index contributed by atoms with van der Waals surface area (Å²) in [6.07, 6.45) is 6.25. The largest absolute Gasteiger partial charge is 0.329 e. The van der Waals surface area contributed by atoms with Gasteiger partial charge in [0.1, 0.15) is 0 Å².